The van der Waals surface area contributed by atoms with E-state index < -0.39 is 15.8 Å². The maximum absolute atomic E-state index is 13.7. The van der Waals surface area contributed by atoms with Crippen LogP contribution in [-0.2, 0) is 10.0 Å². The first kappa shape index (κ1) is 21.0. The Morgan fingerprint density at radius 1 is 1.16 bits per heavy atom. The van der Waals surface area contributed by atoms with Crippen molar-refractivity contribution in [3.8, 4) is 29.1 Å². The molecule has 2 heterocycles. The summed E-state index contributed by atoms with van der Waals surface area (Å²) in [5, 5.41) is 5.37. The average molecular weight is 465 g/mol. The molecule has 0 saturated carbocycles. The number of rotatable bonds is 6. The number of oxazole rings is 1. The lowest BCUT2D eigenvalue weighted by atomic mass is 10.2. The SMILES string of the molecule is CCOc1nc(Oc2cccc(S(N)(=O)=O)c2)nc2oc(-c3cc(F)ccc3Cl)nc12. The first-order chi connectivity index (χ1) is 14.7. The van der Waals surface area contributed by atoms with Crippen LogP contribution in [-0.4, -0.2) is 30.0 Å². The number of nitrogens with zero attached hydrogens (tertiary/aromatic N) is 3. The van der Waals surface area contributed by atoms with Gasteiger partial charge in [-0.15, -0.1) is 0 Å². The van der Waals surface area contributed by atoms with E-state index >= 15 is 0 Å². The second kappa shape index (κ2) is 8.10. The fourth-order valence-corrected chi connectivity index (χ4v) is 3.41. The number of ether oxygens (including phenoxy) is 2. The van der Waals surface area contributed by atoms with E-state index in [-0.39, 0.29) is 56.8 Å². The van der Waals surface area contributed by atoms with Crippen LogP contribution in [0.4, 0.5) is 4.39 Å². The van der Waals surface area contributed by atoms with Crippen LogP contribution in [0.3, 0.4) is 0 Å². The van der Waals surface area contributed by atoms with Gasteiger partial charge in [-0.3, -0.25) is 0 Å². The molecule has 2 N–H and O–H groups in total. The van der Waals surface area contributed by atoms with Crippen LogP contribution in [0, 0.1) is 5.82 Å². The van der Waals surface area contributed by atoms with Crippen molar-refractivity contribution in [2.45, 2.75) is 11.8 Å². The van der Waals surface area contributed by atoms with Gasteiger partial charge in [0, 0.05) is 6.07 Å². The Morgan fingerprint density at radius 2 is 1.97 bits per heavy atom. The normalized spacial score (nSPS) is 11.6. The molecule has 2 aromatic carbocycles. The Morgan fingerprint density at radius 3 is 2.71 bits per heavy atom. The van der Waals surface area contributed by atoms with E-state index in [0.717, 1.165) is 0 Å². The van der Waals surface area contributed by atoms with Gasteiger partial charge in [0.05, 0.1) is 22.1 Å². The predicted octanol–water partition coefficient (Wildman–Crippen LogP) is 3.92. The molecular weight excluding hydrogens is 451 g/mol. The van der Waals surface area contributed by atoms with Gasteiger partial charge in [-0.05, 0) is 37.3 Å². The summed E-state index contributed by atoms with van der Waals surface area (Å²) in [7, 11) is -3.92. The first-order valence-corrected chi connectivity index (χ1v) is 10.7. The molecule has 0 aliphatic rings. The molecule has 2 aromatic heterocycles. The lowest BCUT2D eigenvalue weighted by molar-refractivity contribution is 0.322. The number of nitrogens with two attached hydrogens (primary N) is 1. The molecule has 0 aliphatic carbocycles. The maximum Gasteiger partial charge on any atom is 0.328 e. The molecule has 0 bridgehead atoms. The van der Waals surface area contributed by atoms with Crippen molar-refractivity contribution in [3.63, 3.8) is 0 Å². The van der Waals surface area contributed by atoms with E-state index in [1.54, 1.807) is 6.92 Å². The molecular formula is C19H14ClFN4O5S. The number of fused-ring (bicyclic) bond motifs is 1. The topological polar surface area (TPSA) is 130 Å². The zero-order valence-corrected chi connectivity index (χ0v) is 17.4. The fraction of sp³-hybridized carbons (Fsp3) is 0.105. The standard InChI is InChI=1S/C19H14ClFN4O5S/c1-2-28-17-15-18(30-16(23-15)13-8-10(21)6-7-14(13)20)25-19(24-17)29-11-4-3-5-12(9-11)31(22,26)27/h3-9H,2H2,1H3,(H2,22,26,27). The smallest absolute Gasteiger partial charge is 0.328 e. The highest BCUT2D eigenvalue weighted by molar-refractivity contribution is 7.89. The fourth-order valence-electron chi connectivity index (χ4n) is 2.66. The van der Waals surface area contributed by atoms with Crippen LogP contribution in [0.1, 0.15) is 6.92 Å². The van der Waals surface area contributed by atoms with Gasteiger partial charge < -0.3 is 13.9 Å². The zero-order valence-electron chi connectivity index (χ0n) is 15.9. The van der Waals surface area contributed by atoms with Crippen molar-refractivity contribution in [2.24, 2.45) is 5.14 Å². The molecule has 31 heavy (non-hydrogen) atoms. The van der Waals surface area contributed by atoms with Crippen molar-refractivity contribution >= 4 is 32.9 Å². The minimum Gasteiger partial charge on any atom is -0.476 e. The van der Waals surface area contributed by atoms with Crippen molar-refractivity contribution in [3.05, 3.63) is 53.3 Å². The summed E-state index contributed by atoms with van der Waals surface area (Å²) in [6.45, 7) is 2.00. The molecule has 0 atom stereocenters. The molecule has 0 spiro atoms. The number of aromatic nitrogens is 3. The van der Waals surface area contributed by atoms with Crippen LogP contribution in [0.25, 0.3) is 22.7 Å². The quantitative estimate of drug-likeness (QED) is 0.454. The van der Waals surface area contributed by atoms with Gasteiger partial charge in [0.25, 0.3) is 11.6 Å². The molecule has 4 aromatic rings. The third-order valence-corrected chi connectivity index (χ3v) is 5.23. The summed E-state index contributed by atoms with van der Waals surface area (Å²) in [5.74, 6) is -0.312. The molecule has 0 unspecified atom stereocenters. The summed E-state index contributed by atoms with van der Waals surface area (Å²) >= 11 is 6.13. The molecule has 0 aliphatic heterocycles. The second-order valence-corrected chi connectivity index (χ2v) is 8.13. The Hall–Kier alpha value is -3.28. The van der Waals surface area contributed by atoms with Gasteiger partial charge in [-0.2, -0.15) is 9.97 Å². The highest BCUT2D eigenvalue weighted by atomic mass is 35.5. The third kappa shape index (κ3) is 4.43. The van der Waals surface area contributed by atoms with Crippen LogP contribution in [0.2, 0.25) is 5.02 Å². The molecule has 9 nitrogen and oxygen atoms in total. The first-order valence-electron chi connectivity index (χ1n) is 8.82. The summed E-state index contributed by atoms with van der Waals surface area (Å²) in [6, 6.07) is 9.08. The number of hydrogen-bond donors (Lipinski definition) is 1. The summed E-state index contributed by atoms with van der Waals surface area (Å²) in [5.41, 5.74) is 0.416. The molecule has 0 amide bonds. The second-order valence-electron chi connectivity index (χ2n) is 6.16. The van der Waals surface area contributed by atoms with Gasteiger partial charge >= 0.3 is 6.01 Å². The number of benzene rings is 2. The largest absolute Gasteiger partial charge is 0.476 e. The average Bonchev–Trinajstić information content (AvgIpc) is 3.14. The summed E-state index contributed by atoms with van der Waals surface area (Å²) in [4.78, 5) is 12.4. The minimum absolute atomic E-state index is 0.00591. The highest BCUT2D eigenvalue weighted by Gasteiger charge is 2.20. The lowest BCUT2D eigenvalue weighted by Gasteiger charge is -2.07. The number of sulfonamides is 1. The number of halogens is 2. The zero-order chi connectivity index (χ0) is 22.2. The van der Waals surface area contributed by atoms with E-state index in [1.165, 1.54) is 42.5 Å². The van der Waals surface area contributed by atoms with E-state index in [9.17, 15) is 12.8 Å². The molecule has 0 radical (unpaired) electrons. The molecule has 0 saturated heterocycles. The Bertz CT molecular complexity index is 1390. The molecule has 0 fully saturated rings. The summed E-state index contributed by atoms with van der Waals surface area (Å²) in [6.07, 6.45) is 0. The van der Waals surface area contributed by atoms with Crippen LogP contribution >= 0.6 is 11.6 Å². The van der Waals surface area contributed by atoms with Gasteiger partial charge in [0.1, 0.15) is 11.6 Å². The third-order valence-electron chi connectivity index (χ3n) is 3.99. The van der Waals surface area contributed by atoms with Crippen molar-refractivity contribution in [1.82, 2.24) is 15.0 Å². The van der Waals surface area contributed by atoms with E-state index in [2.05, 4.69) is 15.0 Å². The Balaban J connectivity index is 1.78. The van der Waals surface area contributed by atoms with E-state index in [0.29, 0.717) is 0 Å². The minimum atomic E-state index is -3.92. The molecule has 4 rings (SSSR count). The maximum atomic E-state index is 13.7. The lowest BCUT2D eigenvalue weighted by Crippen LogP contribution is -2.11. The van der Waals surface area contributed by atoms with Crippen LogP contribution in [0.15, 0.2) is 51.8 Å². The van der Waals surface area contributed by atoms with E-state index in [4.69, 9.17) is 30.6 Å². The molecule has 12 heteroatoms. The Labute approximate surface area is 180 Å². The van der Waals surface area contributed by atoms with Gasteiger partial charge in [0.15, 0.2) is 5.52 Å². The highest BCUT2D eigenvalue weighted by Crippen LogP contribution is 2.34. The van der Waals surface area contributed by atoms with Crippen molar-refractivity contribution in [1.29, 1.82) is 0 Å². The predicted molar refractivity (Wildman–Crippen MR) is 109 cm³/mol. The Kier molecular flexibility index (Phi) is 5.48. The van der Waals surface area contributed by atoms with Crippen molar-refractivity contribution < 1.29 is 26.7 Å². The number of hydrogen-bond acceptors (Lipinski definition) is 8. The monoisotopic (exact) mass is 464 g/mol. The van der Waals surface area contributed by atoms with Gasteiger partial charge in [0.2, 0.25) is 15.9 Å². The van der Waals surface area contributed by atoms with Crippen LogP contribution < -0.4 is 14.6 Å². The van der Waals surface area contributed by atoms with Gasteiger partial charge in [-0.1, -0.05) is 17.7 Å². The van der Waals surface area contributed by atoms with Crippen LogP contribution in [0.5, 0.6) is 17.6 Å². The number of primary sulfonamides is 1. The molecule has 160 valence electrons. The van der Waals surface area contributed by atoms with Gasteiger partial charge in [-0.25, -0.2) is 22.9 Å². The summed E-state index contributed by atoms with van der Waals surface area (Å²) < 4.78 is 53.5. The van der Waals surface area contributed by atoms with Crippen molar-refractivity contribution in [2.75, 3.05) is 6.61 Å². The van der Waals surface area contributed by atoms with E-state index in [1.807, 2.05) is 0 Å².